The molecular formula is C14H16Cl2N4O2. The van der Waals surface area contributed by atoms with Crippen molar-refractivity contribution in [2.24, 2.45) is 5.41 Å². The maximum absolute atomic E-state index is 11.7. The molecule has 0 saturated carbocycles. The molecule has 0 radical (unpaired) electrons. The van der Waals surface area contributed by atoms with E-state index in [1.165, 1.54) is 4.68 Å². The highest BCUT2D eigenvalue weighted by molar-refractivity contribution is 6.39. The molecular weight excluding hydrogens is 327 g/mol. The molecule has 2 rings (SSSR count). The molecule has 0 bridgehead atoms. The van der Waals surface area contributed by atoms with Crippen LogP contribution < -0.4 is 5.73 Å². The van der Waals surface area contributed by atoms with Gasteiger partial charge in [-0.2, -0.15) is 0 Å². The van der Waals surface area contributed by atoms with Crippen LogP contribution in [0, 0.1) is 5.41 Å². The van der Waals surface area contributed by atoms with E-state index in [4.69, 9.17) is 33.7 Å². The van der Waals surface area contributed by atoms with Gasteiger partial charge in [0.25, 0.3) is 0 Å². The van der Waals surface area contributed by atoms with E-state index in [1.807, 2.05) is 0 Å². The summed E-state index contributed by atoms with van der Waals surface area (Å²) in [7, 11) is 0. The Kier molecular flexibility index (Phi) is 4.63. The second-order valence-corrected chi connectivity index (χ2v) is 6.62. The van der Waals surface area contributed by atoms with Crippen LogP contribution in [0.15, 0.2) is 18.3 Å². The minimum absolute atomic E-state index is 0.0143. The van der Waals surface area contributed by atoms with E-state index >= 15 is 0 Å². The molecule has 1 aromatic carbocycles. The van der Waals surface area contributed by atoms with Gasteiger partial charge in [0, 0.05) is 5.56 Å². The molecule has 6 nitrogen and oxygen atoms in total. The van der Waals surface area contributed by atoms with Gasteiger partial charge in [0.1, 0.15) is 5.69 Å². The Bertz CT molecular complexity index is 684. The Morgan fingerprint density at radius 3 is 2.45 bits per heavy atom. The van der Waals surface area contributed by atoms with E-state index in [-0.39, 0.29) is 12.7 Å². The van der Waals surface area contributed by atoms with Gasteiger partial charge in [0.15, 0.2) is 6.73 Å². The van der Waals surface area contributed by atoms with Gasteiger partial charge in [-0.25, -0.2) is 4.68 Å². The minimum atomic E-state index is -0.568. The van der Waals surface area contributed by atoms with Gasteiger partial charge in [0.2, 0.25) is 0 Å². The van der Waals surface area contributed by atoms with Gasteiger partial charge >= 0.3 is 5.97 Å². The molecule has 0 fully saturated rings. The summed E-state index contributed by atoms with van der Waals surface area (Å²) in [5.41, 5.74) is 6.67. The summed E-state index contributed by atoms with van der Waals surface area (Å²) in [6.45, 7) is 5.32. The zero-order chi connectivity index (χ0) is 16.5. The van der Waals surface area contributed by atoms with Gasteiger partial charge in [-0.3, -0.25) is 4.79 Å². The minimum Gasteiger partial charge on any atom is -0.442 e. The molecule has 1 heterocycles. The van der Waals surface area contributed by atoms with E-state index in [9.17, 15) is 4.79 Å². The molecule has 2 aromatic rings. The Morgan fingerprint density at radius 1 is 1.32 bits per heavy atom. The first-order valence-corrected chi connectivity index (χ1v) is 7.26. The van der Waals surface area contributed by atoms with Crippen LogP contribution in [0.2, 0.25) is 10.0 Å². The SMILES string of the molecule is CC(C)(C)C(=O)OCn1cc(-c2cc(Cl)c(N)c(Cl)c2)nn1. The summed E-state index contributed by atoms with van der Waals surface area (Å²) < 4.78 is 6.57. The van der Waals surface area contributed by atoms with Crippen molar-refractivity contribution in [1.29, 1.82) is 0 Å². The third-order valence-corrected chi connectivity index (χ3v) is 3.48. The summed E-state index contributed by atoms with van der Waals surface area (Å²) in [6, 6.07) is 3.30. The molecule has 0 amide bonds. The summed E-state index contributed by atoms with van der Waals surface area (Å²) in [4.78, 5) is 11.7. The zero-order valence-corrected chi connectivity index (χ0v) is 13.9. The van der Waals surface area contributed by atoms with E-state index in [2.05, 4.69) is 10.3 Å². The van der Waals surface area contributed by atoms with Gasteiger partial charge in [0.05, 0.1) is 27.3 Å². The van der Waals surface area contributed by atoms with E-state index in [0.717, 1.165) is 0 Å². The normalized spacial score (nSPS) is 11.5. The van der Waals surface area contributed by atoms with Gasteiger partial charge in [-0.1, -0.05) is 28.4 Å². The predicted molar refractivity (Wildman–Crippen MR) is 85.4 cm³/mol. The molecule has 0 atom stereocenters. The number of anilines is 1. The monoisotopic (exact) mass is 342 g/mol. The predicted octanol–water partition coefficient (Wildman–Crippen LogP) is 3.38. The molecule has 0 aliphatic heterocycles. The van der Waals surface area contributed by atoms with Crippen molar-refractivity contribution in [3.8, 4) is 11.3 Å². The number of carbonyl (C=O) groups excluding carboxylic acids is 1. The van der Waals surface area contributed by atoms with Crippen molar-refractivity contribution in [1.82, 2.24) is 15.0 Å². The van der Waals surface area contributed by atoms with Crippen molar-refractivity contribution in [3.05, 3.63) is 28.4 Å². The average Bonchev–Trinajstić information content (AvgIpc) is 2.89. The molecule has 0 saturated heterocycles. The number of halogens is 2. The number of rotatable bonds is 3. The summed E-state index contributed by atoms with van der Waals surface area (Å²) in [6.07, 6.45) is 1.63. The highest BCUT2D eigenvalue weighted by Crippen LogP contribution is 2.32. The smallest absolute Gasteiger partial charge is 0.313 e. The number of ether oxygens (including phenoxy) is 1. The molecule has 1 aromatic heterocycles. The second-order valence-electron chi connectivity index (χ2n) is 5.81. The molecule has 0 spiro atoms. The number of hydrogen-bond donors (Lipinski definition) is 1. The Hall–Kier alpha value is -1.79. The number of benzene rings is 1. The maximum Gasteiger partial charge on any atom is 0.313 e. The number of hydrogen-bond acceptors (Lipinski definition) is 5. The highest BCUT2D eigenvalue weighted by Gasteiger charge is 2.23. The topological polar surface area (TPSA) is 83.0 Å². The van der Waals surface area contributed by atoms with E-state index in [0.29, 0.717) is 27.0 Å². The Morgan fingerprint density at radius 2 is 1.91 bits per heavy atom. The second kappa shape index (κ2) is 6.14. The molecule has 0 aliphatic rings. The molecule has 22 heavy (non-hydrogen) atoms. The number of esters is 1. The summed E-state index contributed by atoms with van der Waals surface area (Å²) >= 11 is 12.0. The largest absolute Gasteiger partial charge is 0.442 e. The number of nitrogen functional groups attached to an aromatic ring is 1. The van der Waals surface area contributed by atoms with Crippen LogP contribution in [0.1, 0.15) is 20.8 Å². The number of nitrogens with zero attached hydrogens (tertiary/aromatic N) is 3. The van der Waals surface area contributed by atoms with Gasteiger partial charge in [-0.05, 0) is 32.9 Å². The maximum atomic E-state index is 11.7. The number of nitrogens with two attached hydrogens (primary N) is 1. The Balaban J connectivity index is 2.14. The van der Waals surface area contributed by atoms with Gasteiger partial charge < -0.3 is 10.5 Å². The van der Waals surface area contributed by atoms with Crippen LogP contribution in [-0.4, -0.2) is 21.0 Å². The van der Waals surface area contributed by atoms with Crippen LogP contribution in [-0.2, 0) is 16.3 Å². The fourth-order valence-corrected chi connectivity index (χ4v) is 2.05. The lowest BCUT2D eigenvalue weighted by molar-refractivity contribution is -0.157. The van der Waals surface area contributed by atoms with Crippen LogP contribution in [0.4, 0.5) is 5.69 Å². The van der Waals surface area contributed by atoms with Gasteiger partial charge in [-0.15, -0.1) is 5.10 Å². The molecule has 0 unspecified atom stereocenters. The van der Waals surface area contributed by atoms with Crippen molar-refractivity contribution in [2.45, 2.75) is 27.5 Å². The quantitative estimate of drug-likeness (QED) is 0.682. The first kappa shape index (κ1) is 16.6. The van der Waals surface area contributed by atoms with Crippen molar-refractivity contribution in [2.75, 3.05) is 5.73 Å². The van der Waals surface area contributed by atoms with Crippen LogP contribution in [0.5, 0.6) is 0 Å². The summed E-state index contributed by atoms with van der Waals surface area (Å²) in [5.74, 6) is -0.317. The first-order valence-electron chi connectivity index (χ1n) is 6.50. The lowest BCUT2D eigenvalue weighted by atomic mass is 9.98. The van der Waals surface area contributed by atoms with E-state index in [1.54, 1.807) is 39.1 Å². The molecule has 8 heteroatoms. The van der Waals surface area contributed by atoms with Crippen molar-refractivity contribution in [3.63, 3.8) is 0 Å². The third kappa shape index (κ3) is 3.69. The average molecular weight is 343 g/mol. The highest BCUT2D eigenvalue weighted by atomic mass is 35.5. The lowest BCUT2D eigenvalue weighted by Crippen LogP contribution is -2.24. The number of aromatic nitrogens is 3. The number of carbonyl (C=O) groups is 1. The third-order valence-electron chi connectivity index (χ3n) is 2.85. The standard InChI is InChI=1S/C14H16Cl2N4O2/c1-14(2,3)13(21)22-7-20-6-11(18-19-20)8-4-9(15)12(17)10(16)5-8/h4-6H,7,17H2,1-3H3. The van der Waals surface area contributed by atoms with Crippen LogP contribution in [0.3, 0.4) is 0 Å². The Labute approximate surface area is 138 Å². The van der Waals surface area contributed by atoms with E-state index < -0.39 is 5.41 Å². The molecule has 118 valence electrons. The zero-order valence-electron chi connectivity index (χ0n) is 12.4. The van der Waals surface area contributed by atoms with Crippen molar-refractivity contribution >= 4 is 34.9 Å². The molecule has 0 aliphatic carbocycles. The van der Waals surface area contributed by atoms with Crippen LogP contribution in [0.25, 0.3) is 11.3 Å². The fraction of sp³-hybridized carbons (Fsp3) is 0.357. The lowest BCUT2D eigenvalue weighted by Gasteiger charge is -2.15. The van der Waals surface area contributed by atoms with Crippen LogP contribution >= 0.6 is 23.2 Å². The fourth-order valence-electron chi connectivity index (χ4n) is 1.57. The molecule has 2 N–H and O–H groups in total. The van der Waals surface area contributed by atoms with Crippen molar-refractivity contribution < 1.29 is 9.53 Å². The summed E-state index contributed by atoms with van der Waals surface area (Å²) in [5, 5.41) is 8.59. The first-order chi connectivity index (χ1) is 10.2.